The van der Waals surface area contributed by atoms with E-state index in [1.807, 2.05) is 74.2 Å². The van der Waals surface area contributed by atoms with Crippen molar-refractivity contribution in [1.82, 2.24) is 25.1 Å². The third kappa shape index (κ3) is 9.82. The fourth-order valence-corrected chi connectivity index (χ4v) is 6.32. The molecule has 4 amide bonds. The number of morpholine rings is 2. The average Bonchev–Trinajstić information content (AvgIpc) is 3.63. The molecule has 2 aliphatic heterocycles. The van der Waals surface area contributed by atoms with Crippen LogP contribution in [-0.2, 0) is 28.6 Å². The molecule has 0 spiro atoms. The van der Waals surface area contributed by atoms with E-state index in [1.54, 1.807) is 27.0 Å². The van der Waals surface area contributed by atoms with Crippen molar-refractivity contribution >= 4 is 29.5 Å². The normalized spacial score (nSPS) is 19.1. The van der Waals surface area contributed by atoms with Gasteiger partial charge in [0, 0.05) is 24.7 Å². The number of amides is 4. The third-order valence-corrected chi connectivity index (χ3v) is 9.71. The summed E-state index contributed by atoms with van der Waals surface area (Å²) < 4.78 is 16.7. The quantitative estimate of drug-likeness (QED) is 0.242. The summed E-state index contributed by atoms with van der Waals surface area (Å²) in [6, 6.07) is 13.5. The lowest BCUT2D eigenvalue weighted by Crippen LogP contribution is -2.60. The van der Waals surface area contributed by atoms with E-state index in [4.69, 9.17) is 14.2 Å². The monoisotopic (exact) mass is 730 g/mol. The Bertz CT molecular complexity index is 1730. The number of H-pyrrole nitrogens is 1. The van der Waals surface area contributed by atoms with E-state index in [0.29, 0.717) is 31.3 Å². The van der Waals surface area contributed by atoms with Gasteiger partial charge in [-0.2, -0.15) is 0 Å². The van der Waals surface area contributed by atoms with Crippen molar-refractivity contribution in [2.45, 2.75) is 79.1 Å². The number of aromatic nitrogens is 2. The van der Waals surface area contributed by atoms with Gasteiger partial charge in [0.15, 0.2) is 0 Å². The van der Waals surface area contributed by atoms with Crippen molar-refractivity contribution in [3.63, 3.8) is 0 Å². The number of rotatable bonds is 10. The Labute approximate surface area is 312 Å². The molecule has 0 unspecified atom stereocenters. The van der Waals surface area contributed by atoms with Crippen LogP contribution in [0.5, 0.6) is 0 Å². The Hall–Kier alpha value is -4.75. The molecule has 3 aromatic rings. The van der Waals surface area contributed by atoms with Gasteiger partial charge in [0.1, 0.15) is 29.6 Å². The van der Waals surface area contributed by atoms with Gasteiger partial charge in [-0.25, -0.2) is 9.78 Å². The van der Waals surface area contributed by atoms with Crippen molar-refractivity contribution in [2.75, 3.05) is 44.8 Å². The van der Waals surface area contributed by atoms with E-state index < -0.39 is 23.8 Å². The summed E-state index contributed by atoms with van der Waals surface area (Å²) in [7, 11) is 0. The molecule has 0 aliphatic carbocycles. The van der Waals surface area contributed by atoms with Gasteiger partial charge in [0.25, 0.3) is 0 Å². The van der Waals surface area contributed by atoms with Gasteiger partial charge in [0.05, 0.1) is 38.3 Å². The van der Waals surface area contributed by atoms with Crippen LogP contribution in [0.15, 0.2) is 54.7 Å². The molecule has 3 N–H and O–H groups in total. The maximum absolute atomic E-state index is 13.7. The Kier molecular flexibility index (Phi) is 12.6. The highest BCUT2D eigenvalue weighted by molar-refractivity contribution is 5.98. The molecule has 3 heterocycles. The van der Waals surface area contributed by atoms with Gasteiger partial charge in [-0.1, -0.05) is 71.0 Å². The fraction of sp³-hybridized carbons (Fsp3) is 0.525. The van der Waals surface area contributed by atoms with E-state index in [-0.39, 0.29) is 61.3 Å². The van der Waals surface area contributed by atoms with Gasteiger partial charge in [-0.05, 0) is 61.4 Å². The smallest absolute Gasteiger partial charge is 0.408 e. The summed E-state index contributed by atoms with van der Waals surface area (Å²) in [6.45, 7) is 17.0. The SMILES string of the molecule is CC(C)[C@@H](C)C(=O)N1CCOC[C@H]1c1ncc(-c2ccc(-c3ccc(NC(=O)[C@@H]4COCCN4C(=O)[C@H](NC(=O)OC(C)(C)C)C(C)C)cc3)cc2)[nH]1. The minimum absolute atomic E-state index is 0.0409. The summed E-state index contributed by atoms with van der Waals surface area (Å²) in [4.78, 5) is 64.3. The number of carbonyl (C=O) groups is 4. The molecule has 2 aliphatic rings. The molecule has 53 heavy (non-hydrogen) atoms. The van der Waals surface area contributed by atoms with Gasteiger partial charge in [-0.3, -0.25) is 14.4 Å². The molecular weight excluding hydrogens is 676 g/mol. The van der Waals surface area contributed by atoms with E-state index >= 15 is 0 Å². The average molecular weight is 731 g/mol. The van der Waals surface area contributed by atoms with Gasteiger partial charge in [0.2, 0.25) is 17.7 Å². The second kappa shape index (κ2) is 16.9. The number of anilines is 1. The molecule has 1 aromatic heterocycles. The zero-order valence-electron chi connectivity index (χ0n) is 32.1. The summed E-state index contributed by atoms with van der Waals surface area (Å²) in [5, 5.41) is 5.62. The van der Waals surface area contributed by atoms with Gasteiger partial charge >= 0.3 is 6.09 Å². The number of carbonyl (C=O) groups excluding carboxylic acids is 4. The minimum atomic E-state index is -0.870. The fourth-order valence-electron chi connectivity index (χ4n) is 6.32. The van der Waals surface area contributed by atoms with Crippen LogP contribution in [0, 0.1) is 17.8 Å². The molecular formula is C40H54N6O7. The largest absolute Gasteiger partial charge is 0.444 e. The van der Waals surface area contributed by atoms with Crippen molar-refractivity contribution in [3.8, 4) is 22.4 Å². The Morgan fingerprint density at radius 2 is 1.40 bits per heavy atom. The number of alkyl carbamates (subject to hydrolysis) is 1. The van der Waals surface area contributed by atoms with Gasteiger partial charge < -0.3 is 39.6 Å². The van der Waals surface area contributed by atoms with Crippen molar-refractivity contribution in [1.29, 1.82) is 0 Å². The number of imidazole rings is 1. The number of nitrogens with zero attached hydrogens (tertiary/aromatic N) is 3. The van der Waals surface area contributed by atoms with Crippen LogP contribution in [-0.4, -0.2) is 101 Å². The first-order valence-corrected chi connectivity index (χ1v) is 18.5. The second-order valence-electron chi connectivity index (χ2n) is 15.5. The number of benzene rings is 2. The number of hydrogen-bond acceptors (Lipinski definition) is 8. The molecule has 0 radical (unpaired) electrons. The van der Waals surface area contributed by atoms with Crippen LogP contribution in [0.25, 0.3) is 22.4 Å². The topological polar surface area (TPSA) is 155 Å². The molecule has 2 aromatic carbocycles. The number of aromatic amines is 1. The zero-order chi connectivity index (χ0) is 38.4. The standard InChI is InChI=1S/C40H54N6O7/c1-24(2)26(5)37(48)45-17-19-51-22-32(45)35-41-21-31(43-35)29-11-9-27(10-12-29)28-13-15-30(16-14-28)42-36(47)33-23-52-20-18-46(33)38(49)34(25(3)4)44-39(50)53-40(6,7)8/h9-16,21,24-26,32-34H,17-20,22-23H2,1-8H3,(H,41,43)(H,42,47)(H,44,50)/t26-,32+,33+,34-/m1/s1. The first-order chi connectivity index (χ1) is 25.1. The highest BCUT2D eigenvalue weighted by atomic mass is 16.6. The summed E-state index contributed by atoms with van der Waals surface area (Å²) in [6.07, 6.45) is 1.10. The van der Waals surface area contributed by atoms with Crippen LogP contribution in [0.2, 0.25) is 0 Å². The van der Waals surface area contributed by atoms with Crippen LogP contribution < -0.4 is 10.6 Å². The van der Waals surface area contributed by atoms with E-state index in [0.717, 1.165) is 22.4 Å². The first kappa shape index (κ1) is 39.5. The summed E-state index contributed by atoms with van der Waals surface area (Å²) >= 11 is 0. The predicted octanol–water partition coefficient (Wildman–Crippen LogP) is 5.65. The third-order valence-electron chi connectivity index (χ3n) is 9.71. The lowest BCUT2D eigenvalue weighted by atomic mass is 9.95. The molecule has 4 atom stereocenters. The molecule has 0 saturated carbocycles. The van der Waals surface area contributed by atoms with E-state index in [9.17, 15) is 19.2 Å². The lowest BCUT2D eigenvalue weighted by Gasteiger charge is -2.37. The Morgan fingerprint density at radius 1 is 0.811 bits per heavy atom. The Morgan fingerprint density at radius 3 is 2.00 bits per heavy atom. The second-order valence-corrected chi connectivity index (χ2v) is 15.5. The molecule has 2 saturated heterocycles. The van der Waals surface area contributed by atoms with Crippen LogP contribution in [0.4, 0.5) is 10.5 Å². The molecule has 286 valence electrons. The highest BCUT2D eigenvalue weighted by Crippen LogP contribution is 2.30. The maximum atomic E-state index is 13.7. The van der Waals surface area contributed by atoms with Gasteiger partial charge in [-0.15, -0.1) is 0 Å². The lowest BCUT2D eigenvalue weighted by molar-refractivity contribution is -0.148. The number of hydrogen-bond donors (Lipinski definition) is 3. The predicted molar refractivity (Wildman–Crippen MR) is 202 cm³/mol. The molecule has 13 heteroatoms. The Balaban J connectivity index is 1.22. The molecule has 13 nitrogen and oxygen atoms in total. The maximum Gasteiger partial charge on any atom is 0.408 e. The van der Waals surface area contributed by atoms with Crippen LogP contribution >= 0.6 is 0 Å². The molecule has 0 bridgehead atoms. The van der Waals surface area contributed by atoms with Crippen LogP contribution in [0.3, 0.4) is 0 Å². The number of nitrogens with one attached hydrogen (secondary N) is 3. The van der Waals surface area contributed by atoms with Crippen LogP contribution in [0.1, 0.15) is 67.3 Å². The van der Waals surface area contributed by atoms with Crippen molar-refractivity contribution in [2.24, 2.45) is 17.8 Å². The minimum Gasteiger partial charge on any atom is -0.444 e. The van der Waals surface area contributed by atoms with Crippen molar-refractivity contribution < 1.29 is 33.4 Å². The highest BCUT2D eigenvalue weighted by Gasteiger charge is 2.39. The zero-order valence-corrected chi connectivity index (χ0v) is 32.1. The summed E-state index contributed by atoms with van der Waals surface area (Å²) in [5.74, 6) is -0.00795. The molecule has 2 fully saturated rings. The van der Waals surface area contributed by atoms with E-state index in [2.05, 4.69) is 34.4 Å². The van der Waals surface area contributed by atoms with E-state index in [1.165, 1.54) is 4.90 Å². The molecule has 5 rings (SSSR count). The summed E-state index contributed by atoms with van der Waals surface area (Å²) in [5.41, 5.74) is 3.60. The number of ether oxygens (including phenoxy) is 3. The van der Waals surface area contributed by atoms with Crippen molar-refractivity contribution in [3.05, 3.63) is 60.6 Å². The first-order valence-electron chi connectivity index (χ1n) is 18.5.